The van der Waals surface area contributed by atoms with Crippen LogP contribution in [0.2, 0.25) is 0 Å². The molecule has 0 bridgehead atoms. The van der Waals surface area contributed by atoms with Crippen LogP contribution in [0.4, 0.5) is 13.2 Å². The Morgan fingerprint density at radius 1 is 1.30 bits per heavy atom. The van der Waals surface area contributed by atoms with Gasteiger partial charge in [-0.1, -0.05) is 6.92 Å². The number of carboxylic acid groups (broad SMARTS) is 1. The molecular formula is C18H27F3N2O4. The van der Waals surface area contributed by atoms with Crippen LogP contribution in [0.3, 0.4) is 0 Å². The van der Waals surface area contributed by atoms with Crippen molar-refractivity contribution in [1.82, 2.24) is 9.80 Å². The van der Waals surface area contributed by atoms with Gasteiger partial charge in [0.2, 0.25) is 0 Å². The number of alkyl halides is 3. The number of likely N-dealkylation sites (N-methyl/N-ethyl adjacent to an activating group) is 1. The smallest absolute Gasteiger partial charge is 0.475 e. The molecule has 1 aliphatic heterocycles. The molecule has 2 heterocycles. The van der Waals surface area contributed by atoms with Crippen molar-refractivity contribution in [2.75, 3.05) is 33.2 Å². The van der Waals surface area contributed by atoms with Gasteiger partial charge in [0.25, 0.3) is 5.91 Å². The number of aliphatic carboxylic acids is 1. The molecule has 0 unspecified atom stereocenters. The monoisotopic (exact) mass is 392 g/mol. The van der Waals surface area contributed by atoms with Crippen molar-refractivity contribution in [3.05, 3.63) is 23.2 Å². The molecule has 0 aliphatic carbocycles. The second-order valence-corrected chi connectivity index (χ2v) is 6.88. The van der Waals surface area contributed by atoms with Crippen LogP contribution in [-0.4, -0.2) is 66.2 Å². The van der Waals surface area contributed by atoms with Gasteiger partial charge in [0.15, 0.2) is 0 Å². The summed E-state index contributed by atoms with van der Waals surface area (Å²) in [5.41, 5.74) is 0.692. The van der Waals surface area contributed by atoms with Crippen LogP contribution in [0.15, 0.2) is 10.5 Å². The van der Waals surface area contributed by atoms with E-state index in [2.05, 4.69) is 11.8 Å². The molecule has 0 aromatic carbocycles. The van der Waals surface area contributed by atoms with E-state index >= 15 is 0 Å². The lowest BCUT2D eigenvalue weighted by Crippen LogP contribution is -2.40. The summed E-state index contributed by atoms with van der Waals surface area (Å²) in [5, 5.41) is 7.12. The summed E-state index contributed by atoms with van der Waals surface area (Å²) in [5.74, 6) is -0.338. The van der Waals surface area contributed by atoms with E-state index in [1.165, 1.54) is 12.8 Å². The molecule has 0 radical (unpaired) electrons. The van der Waals surface area contributed by atoms with E-state index in [-0.39, 0.29) is 5.91 Å². The second-order valence-electron chi connectivity index (χ2n) is 6.88. The van der Waals surface area contributed by atoms with Crippen molar-refractivity contribution in [1.29, 1.82) is 0 Å². The topological polar surface area (TPSA) is 74.0 Å². The van der Waals surface area contributed by atoms with Crippen LogP contribution in [0.25, 0.3) is 0 Å². The van der Waals surface area contributed by atoms with Crippen LogP contribution in [0, 0.1) is 19.8 Å². The van der Waals surface area contributed by atoms with Gasteiger partial charge >= 0.3 is 12.1 Å². The molecule has 1 aromatic heterocycles. The normalized spacial score (nSPS) is 15.8. The molecule has 1 amide bonds. The number of hydrogen-bond acceptors (Lipinski definition) is 4. The van der Waals surface area contributed by atoms with Gasteiger partial charge in [-0.25, -0.2) is 4.79 Å². The summed E-state index contributed by atoms with van der Waals surface area (Å²) in [7, 11) is 1.87. The fourth-order valence-corrected chi connectivity index (χ4v) is 2.73. The van der Waals surface area contributed by atoms with E-state index in [4.69, 9.17) is 14.3 Å². The first-order chi connectivity index (χ1) is 12.4. The molecule has 1 N–H and O–H groups in total. The zero-order valence-corrected chi connectivity index (χ0v) is 16.1. The number of piperidine rings is 1. The Bertz CT molecular complexity index is 635. The predicted octanol–water partition coefficient (Wildman–Crippen LogP) is 3.33. The zero-order chi connectivity index (χ0) is 20.8. The Morgan fingerprint density at radius 3 is 2.22 bits per heavy atom. The lowest BCUT2D eigenvalue weighted by atomic mass is 9.99. The third kappa shape index (κ3) is 7.62. The fourth-order valence-electron chi connectivity index (χ4n) is 2.73. The quantitative estimate of drug-likeness (QED) is 0.851. The molecule has 1 saturated heterocycles. The molecule has 9 heteroatoms. The second kappa shape index (κ2) is 9.77. The van der Waals surface area contributed by atoms with Gasteiger partial charge in [-0.3, -0.25) is 4.79 Å². The van der Waals surface area contributed by atoms with Crippen LogP contribution in [0.1, 0.15) is 41.6 Å². The number of carboxylic acids is 1. The van der Waals surface area contributed by atoms with Crippen LogP contribution in [0.5, 0.6) is 0 Å². The number of nitrogens with zero attached hydrogens (tertiary/aromatic N) is 2. The fraction of sp³-hybridized carbons (Fsp3) is 0.667. The average Bonchev–Trinajstić information content (AvgIpc) is 2.91. The number of aryl methyl sites for hydroxylation is 2. The van der Waals surface area contributed by atoms with E-state index in [9.17, 15) is 18.0 Å². The Kier molecular flexibility index (Phi) is 8.33. The van der Waals surface area contributed by atoms with Crippen LogP contribution < -0.4 is 0 Å². The summed E-state index contributed by atoms with van der Waals surface area (Å²) in [4.78, 5) is 25.5. The molecule has 2 rings (SSSR count). The Labute approximate surface area is 156 Å². The minimum atomic E-state index is -5.08. The van der Waals surface area contributed by atoms with E-state index in [1.807, 2.05) is 27.0 Å². The van der Waals surface area contributed by atoms with E-state index < -0.39 is 12.1 Å². The summed E-state index contributed by atoms with van der Waals surface area (Å²) in [6.45, 7) is 10.1. The lowest BCUT2D eigenvalue weighted by molar-refractivity contribution is -0.192. The first-order valence-corrected chi connectivity index (χ1v) is 8.76. The number of likely N-dealkylation sites (tertiary alicyclic amines) is 1. The number of amides is 1. The van der Waals surface area contributed by atoms with Gasteiger partial charge in [-0.15, -0.1) is 0 Å². The third-order valence-electron chi connectivity index (χ3n) is 4.49. The van der Waals surface area contributed by atoms with E-state index in [1.54, 1.807) is 4.90 Å². The van der Waals surface area contributed by atoms with Gasteiger partial charge in [0.05, 0.1) is 5.56 Å². The van der Waals surface area contributed by atoms with Crippen molar-refractivity contribution >= 4 is 11.9 Å². The van der Waals surface area contributed by atoms with E-state index in [0.29, 0.717) is 11.3 Å². The molecule has 0 saturated carbocycles. The highest BCUT2D eigenvalue weighted by molar-refractivity contribution is 5.95. The number of halogens is 3. The summed E-state index contributed by atoms with van der Waals surface area (Å²) >= 11 is 0. The van der Waals surface area contributed by atoms with Gasteiger partial charge in [-0.2, -0.15) is 13.2 Å². The number of carbonyl (C=O) groups excluding carboxylic acids is 1. The number of hydrogen-bond donors (Lipinski definition) is 1. The molecule has 1 aromatic rings. The molecular weight excluding hydrogens is 365 g/mol. The van der Waals surface area contributed by atoms with Gasteiger partial charge in [-0.05, 0) is 51.8 Å². The average molecular weight is 392 g/mol. The van der Waals surface area contributed by atoms with Crippen molar-refractivity contribution < 1.29 is 32.3 Å². The molecule has 27 heavy (non-hydrogen) atoms. The van der Waals surface area contributed by atoms with Crippen molar-refractivity contribution in [3.63, 3.8) is 0 Å². The van der Waals surface area contributed by atoms with Gasteiger partial charge in [0.1, 0.15) is 11.5 Å². The van der Waals surface area contributed by atoms with Gasteiger partial charge in [0, 0.05) is 20.1 Å². The highest BCUT2D eigenvalue weighted by atomic mass is 19.4. The highest BCUT2D eigenvalue weighted by Gasteiger charge is 2.38. The molecule has 154 valence electrons. The van der Waals surface area contributed by atoms with E-state index in [0.717, 1.165) is 37.9 Å². The molecule has 6 nitrogen and oxygen atoms in total. The maximum absolute atomic E-state index is 12.4. The number of carbonyl (C=O) groups is 2. The first-order valence-electron chi connectivity index (χ1n) is 8.76. The first kappa shape index (κ1) is 23.0. The number of furan rings is 1. The maximum Gasteiger partial charge on any atom is 0.490 e. The van der Waals surface area contributed by atoms with Crippen molar-refractivity contribution in [2.24, 2.45) is 5.92 Å². The molecule has 0 atom stereocenters. The lowest BCUT2D eigenvalue weighted by Gasteiger charge is -2.31. The summed E-state index contributed by atoms with van der Waals surface area (Å²) in [6.07, 6.45) is -2.53. The standard InChI is InChI=1S/C16H26N2O2.C2HF3O2/c1-12-5-7-18(8-6-12)10-9-17(4)16(19)15-11-13(2)20-14(15)3;3-2(4,5)1(6)7/h11-12H,5-10H2,1-4H3;(H,6,7). The van der Waals surface area contributed by atoms with Crippen molar-refractivity contribution in [3.8, 4) is 0 Å². The minimum absolute atomic E-state index is 0.0599. The zero-order valence-electron chi connectivity index (χ0n) is 16.1. The Morgan fingerprint density at radius 2 is 1.81 bits per heavy atom. The predicted molar refractivity (Wildman–Crippen MR) is 93.7 cm³/mol. The SMILES string of the molecule is Cc1cc(C(=O)N(C)CCN2CCC(C)CC2)c(C)o1.O=C(O)C(F)(F)F. The molecule has 1 aliphatic rings. The maximum atomic E-state index is 12.4. The van der Waals surface area contributed by atoms with Crippen LogP contribution >= 0.6 is 0 Å². The highest BCUT2D eigenvalue weighted by Crippen LogP contribution is 2.17. The molecule has 1 fully saturated rings. The Balaban J connectivity index is 0.000000445. The van der Waals surface area contributed by atoms with Gasteiger partial charge < -0.3 is 19.3 Å². The third-order valence-corrected chi connectivity index (χ3v) is 4.49. The summed E-state index contributed by atoms with van der Waals surface area (Å²) < 4.78 is 37.2. The minimum Gasteiger partial charge on any atom is -0.475 e. The van der Waals surface area contributed by atoms with Crippen LogP contribution in [-0.2, 0) is 4.79 Å². The largest absolute Gasteiger partial charge is 0.490 e. The number of rotatable bonds is 4. The summed E-state index contributed by atoms with van der Waals surface area (Å²) in [6, 6.07) is 1.83. The van der Waals surface area contributed by atoms with Crippen molar-refractivity contribution in [2.45, 2.75) is 39.8 Å². The Hall–Kier alpha value is -2.03. The molecule has 0 spiro atoms.